The summed E-state index contributed by atoms with van der Waals surface area (Å²) in [4.78, 5) is 31.1. The number of nitrogens with one attached hydrogen (secondary N) is 2. The molecule has 0 spiro atoms. The maximum Gasteiger partial charge on any atom is 0.325 e. The number of piperazine rings is 1. The maximum absolute atomic E-state index is 12.1. The van der Waals surface area contributed by atoms with Gasteiger partial charge in [-0.25, -0.2) is 0 Å². The predicted molar refractivity (Wildman–Crippen MR) is 107 cm³/mol. The largest absolute Gasteiger partial charge is 0.480 e. The van der Waals surface area contributed by atoms with Crippen molar-refractivity contribution in [2.24, 2.45) is 0 Å². The van der Waals surface area contributed by atoms with Crippen LogP contribution in [0.15, 0.2) is 24.4 Å². The Labute approximate surface area is 168 Å². The molecule has 8 nitrogen and oxygen atoms in total. The summed E-state index contributed by atoms with van der Waals surface area (Å²) in [5, 5.41) is 14.1. The van der Waals surface area contributed by atoms with Gasteiger partial charge in [-0.1, -0.05) is 11.6 Å². The summed E-state index contributed by atoms with van der Waals surface area (Å²) in [7, 11) is 1.59. The molecule has 0 saturated carbocycles. The molecule has 152 valence electrons. The summed E-state index contributed by atoms with van der Waals surface area (Å²) in [6, 6.07) is 4.65. The number of aliphatic carboxylic acids is 1. The highest BCUT2D eigenvalue weighted by atomic mass is 35.5. The van der Waals surface area contributed by atoms with Crippen LogP contribution >= 0.6 is 11.6 Å². The number of aromatic nitrogens is 1. The molecule has 1 unspecified atom stereocenters. The Morgan fingerprint density at radius 2 is 2.07 bits per heavy atom. The van der Waals surface area contributed by atoms with Crippen LogP contribution in [0.3, 0.4) is 0 Å². The standard InChI is InChI=1S/C19H25ClN4O4/c1-28-9-4-21-17(25)12-23-5-7-24(8-6-23)18(19(26)27)15-11-22-16-3-2-13(20)10-14(15)16/h2-3,10-11,18,22H,4-9,12H2,1H3,(H,21,25)(H,26,27). The number of hydrogen-bond acceptors (Lipinski definition) is 5. The number of carboxylic acid groups (broad SMARTS) is 1. The number of aromatic amines is 1. The Bertz CT molecular complexity index is 832. The van der Waals surface area contributed by atoms with Crippen molar-refractivity contribution in [3.8, 4) is 0 Å². The summed E-state index contributed by atoms with van der Waals surface area (Å²) < 4.78 is 4.92. The summed E-state index contributed by atoms with van der Waals surface area (Å²) in [5.74, 6) is -0.946. The lowest BCUT2D eigenvalue weighted by Crippen LogP contribution is -2.51. The quantitative estimate of drug-likeness (QED) is 0.570. The van der Waals surface area contributed by atoms with E-state index in [-0.39, 0.29) is 5.91 Å². The minimum atomic E-state index is -0.897. The second kappa shape index (κ2) is 9.38. The SMILES string of the molecule is COCCNC(=O)CN1CCN(C(C(=O)O)c2c[nH]c3ccc(Cl)cc23)CC1. The summed E-state index contributed by atoms with van der Waals surface area (Å²) in [5.41, 5.74) is 1.56. The van der Waals surface area contributed by atoms with Crippen LogP contribution in [0.1, 0.15) is 11.6 Å². The van der Waals surface area contributed by atoms with Crippen molar-refractivity contribution >= 4 is 34.4 Å². The molecule has 2 heterocycles. The third kappa shape index (κ3) is 4.82. The van der Waals surface area contributed by atoms with Crippen LogP contribution in [0.2, 0.25) is 5.02 Å². The molecule has 0 bridgehead atoms. The highest BCUT2D eigenvalue weighted by molar-refractivity contribution is 6.31. The van der Waals surface area contributed by atoms with Crippen LogP contribution in [0.5, 0.6) is 0 Å². The average molecular weight is 409 g/mol. The number of hydrogen-bond donors (Lipinski definition) is 3. The van der Waals surface area contributed by atoms with E-state index in [1.807, 2.05) is 15.9 Å². The van der Waals surface area contributed by atoms with E-state index in [4.69, 9.17) is 16.3 Å². The normalized spacial score (nSPS) is 16.9. The number of carboxylic acids is 1. The third-order valence-corrected chi connectivity index (χ3v) is 5.21. The smallest absolute Gasteiger partial charge is 0.325 e. The molecule has 1 amide bonds. The van der Waals surface area contributed by atoms with Gasteiger partial charge in [0.2, 0.25) is 5.91 Å². The van der Waals surface area contributed by atoms with Crippen LogP contribution in [-0.4, -0.2) is 84.8 Å². The molecule has 2 aromatic rings. The first-order valence-electron chi connectivity index (χ1n) is 9.21. The first-order valence-corrected chi connectivity index (χ1v) is 9.58. The van der Waals surface area contributed by atoms with Crippen LogP contribution < -0.4 is 5.32 Å². The van der Waals surface area contributed by atoms with Crippen molar-refractivity contribution in [3.63, 3.8) is 0 Å². The van der Waals surface area contributed by atoms with Crippen LogP contribution in [0.4, 0.5) is 0 Å². The Hall–Kier alpha value is -2.13. The summed E-state index contributed by atoms with van der Waals surface area (Å²) in [6.07, 6.45) is 1.75. The number of nitrogens with zero attached hydrogens (tertiary/aromatic N) is 2. The van der Waals surface area contributed by atoms with Crippen molar-refractivity contribution in [2.75, 3.05) is 53.0 Å². The van der Waals surface area contributed by atoms with E-state index < -0.39 is 12.0 Å². The average Bonchev–Trinajstić information content (AvgIpc) is 3.06. The van der Waals surface area contributed by atoms with Gasteiger partial charge in [-0.2, -0.15) is 0 Å². The molecule has 1 saturated heterocycles. The van der Waals surface area contributed by atoms with E-state index >= 15 is 0 Å². The number of H-pyrrole nitrogens is 1. The molecule has 1 aliphatic heterocycles. The van der Waals surface area contributed by atoms with Gasteiger partial charge in [0, 0.05) is 67.5 Å². The number of carbonyl (C=O) groups excluding carboxylic acids is 1. The van der Waals surface area contributed by atoms with E-state index in [9.17, 15) is 14.7 Å². The van der Waals surface area contributed by atoms with E-state index in [0.29, 0.717) is 56.5 Å². The number of fused-ring (bicyclic) bond motifs is 1. The summed E-state index contributed by atoms with van der Waals surface area (Å²) >= 11 is 6.10. The van der Waals surface area contributed by atoms with E-state index in [0.717, 1.165) is 10.9 Å². The van der Waals surface area contributed by atoms with Crippen LogP contribution in [0, 0.1) is 0 Å². The van der Waals surface area contributed by atoms with Crippen molar-refractivity contribution in [1.82, 2.24) is 20.1 Å². The number of ether oxygens (including phenoxy) is 1. The van der Waals surface area contributed by atoms with Gasteiger partial charge in [0.15, 0.2) is 0 Å². The topological polar surface area (TPSA) is 97.9 Å². The van der Waals surface area contributed by atoms with E-state index in [1.54, 1.807) is 25.4 Å². The molecule has 1 aliphatic rings. The maximum atomic E-state index is 12.1. The fourth-order valence-corrected chi connectivity index (χ4v) is 3.73. The van der Waals surface area contributed by atoms with Crippen LogP contribution in [0.25, 0.3) is 10.9 Å². The number of benzene rings is 1. The van der Waals surface area contributed by atoms with Crippen molar-refractivity contribution in [3.05, 3.63) is 35.0 Å². The van der Waals surface area contributed by atoms with Gasteiger partial charge in [-0.05, 0) is 18.2 Å². The fraction of sp³-hybridized carbons (Fsp3) is 0.474. The molecule has 0 aliphatic carbocycles. The molecule has 1 atom stereocenters. The lowest BCUT2D eigenvalue weighted by Gasteiger charge is -2.37. The second-order valence-corrected chi connectivity index (χ2v) is 7.27. The third-order valence-electron chi connectivity index (χ3n) is 4.97. The minimum Gasteiger partial charge on any atom is -0.480 e. The number of rotatable bonds is 8. The molecule has 1 aromatic heterocycles. The fourth-order valence-electron chi connectivity index (χ4n) is 3.56. The van der Waals surface area contributed by atoms with Gasteiger partial charge in [0.1, 0.15) is 6.04 Å². The first-order chi connectivity index (χ1) is 13.5. The van der Waals surface area contributed by atoms with Crippen molar-refractivity contribution in [1.29, 1.82) is 0 Å². The lowest BCUT2D eigenvalue weighted by atomic mass is 10.0. The van der Waals surface area contributed by atoms with Gasteiger partial charge >= 0.3 is 5.97 Å². The van der Waals surface area contributed by atoms with Gasteiger partial charge in [-0.3, -0.25) is 19.4 Å². The Morgan fingerprint density at radius 3 is 2.75 bits per heavy atom. The van der Waals surface area contributed by atoms with E-state index in [2.05, 4.69) is 10.3 Å². The van der Waals surface area contributed by atoms with Gasteiger partial charge in [-0.15, -0.1) is 0 Å². The summed E-state index contributed by atoms with van der Waals surface area (Å²) in [6.45, 7) is 3.66. The predicted octanol–water partition coefficient (Wildman–Crippen LogP) is 1.33. The number of carbonyl (C=O) groups is 2. The minimum absolute atomic E-state index is 0.0495. The van der Waals surface area contributed by atoms with E-state index in [1.165, 1.54) is 0 Å². The number of halogens is 1. The molecule has 0 radical (unpaired) electrons. The molecule has 1 fully saturated rings. The first kappa shape index (κ1) is 20.6. The zero-order chi connectivity index (χ0) is 20.1. The Balaban J connectivity index is 1.64. The number of amides is 1. The molecule has 1 aromatic carbocycles. The van der Waals surface area contributed by atoms with Gasteiger partial charge in [0.05, 0.1) is 13.2 Å². The van der Waals surface area contributed by atoms with Crippen molar-refractivity contribution in [2.45, 2.75) is 6.04 Å². The molecule has 3 rings (SSSR count). The molecule has 9 heteroatoms. The highest BCUT2D eigenvalue weighted by Gasteiger charge is 2.32. The zero-order valence-electron chi connectivity index (χ0n) is 15.8. The Morgan fingerprint density at radius 1 is 1.32 bits per heavy atom. The zero-order valence-corrected chi connectivity index (χ0v) is 16.5. The van der Waals surface area contributed by atoms with Crippen molar-refractivity contribution < 1.29 is 19.4 Å². The molecular formula is C19H25ClN4O4. The number of methoxy groups -OCH3 is 1. The molecule has 28 heavy (non-hydrogen) atoms. The van der Waals surface area contributed by atoms with Gasteiger partial charge in [0.25, 0.3) is 0 Å². The van der Waals surface area contributed by atoms with Gasteiger partial charge < -0.3 is 20.1 Å². The molecular weight excluding hydrogens is 384 g/mol. The van der Waals surface area contributed by atoms with Crippen LogP contribution in [-0.2, 0) is 14.3 Å². The molecule has 3 N–H and O–H groups in total. The second-order valence-electron chi connectivity index (χ2n) is 6.83. The monoisotopic (exact) mass is 408 g/mol. The Kier molecular flexibility index (Phi) is 6.90. The highest BCUT2D eigenvalue weighted by Crippen LogP contribution is 2.31. The lowest BCUT2D eigenvalue weighted by molar-refractivity contribution is -0.144.